The first-order valence-corrected chi connectivity index (χ1v) is 7.78. The molecular weight excluding hydrogens is 339 g/mol. The summed E-state index contributed by atoms with van der Waals surface area (Å²) in [6, 6.07) is 4.18. The van der Waals surface area contributed by atoms with Crippen LogP contribution in [0.25, 0.3) is 0 Å². The fourth-order valence-electron chi connectivity index (χ4n) is 2.73. The Bertz CT molecular complexity index is 611. The van der Waals surface area contributed by atoms with E-state index >= 15 is 0 Å². The number of ether oxygens (including phenoxy) is 1. The van der Waals surface area contributed by atoms with E-state index in [1.807, 2.05) is 0 Å². The molecule has 0 radical (unpaired) electrons. The number of carbonyl (C=O) groups excluding carboxylic acids is 2. The Hall–Kier alpha value is -2.13. The molecule has 0 unspecified atom stereocenters. The van der Waals surface area contributed by atoms with Crippen LogP contribution in [0.2, 0.25) is 0 Å². The molecule has 0 spiro atoms. The van der Waals surface area contributed by atoms with Crippen LogP contribution in [0.5, 0.6) is 0 Å². The minimum atomic E-state index is -4.42. The average Bonchev–Trinajstić information content (AvgIpc) is 2.53. The van der Waals surface area contributed by atoms with Crippen molar-refractivity contribution in [1.29, 1.82) is 0 Å². The van der Waals surface area contributed by atoms with E-state index in [4.69, 9.17) is 10.5 Å². The summed E-state index contributed by atoms with van der Waals surface area (Å²) in [5.74, 6) is -0.896. The maximum atomic E-state index is 12.5. The monoisotopic (exact) mass is 359 g/mol. The Morgan fingerprint density at radius 1 is 1.16 bits per heavy atom. The summed E-state index contributed by atoms with van der Waals surface area (Å²) in [4.78, 5) is 23.3. The number of primary amides is 1. The number of amides is 2. The van der Waals surface area contributed by atoms with Gasteiger partial charge in [-0.3, -0.25) is 9.59 Å². The van der Waals surface area contributed by atoms with Gasteiger partial charge in [-0.05, 0) is 37.1 Å². The zero-order valence-electron chi connectivity index (χ0n) is 13.5. The lowest BCUT2D eigenvalue weighted by atomic mass is 9.86. The van der Waals surface area contributed by atoms with E-state index in [0.717, 1.165) is 12.1 Å². The lowest BCUT2D eigenvalue weighted by molar-refractivity contribution is -0.137. The van der Waals surface area contributed by atoms with Gasteiger partial charge in [0.15, 0.2) is 0 Å². The first-order valence-electron chi connectivity index (χ1n) is 7.78. The van der Waals surface area contributed by atoms with E-state index in [1.165, 1.54) is 12.1 Å². The minimum Gasteiger partial charge on any atom is -0.381 e. The number of anilines is 1. The van der Waals surface area contributed by atoms with Gasteiger partial charge in [-0.1, -0.05) is 0 Å². The smallest absolute Gasteiger partial charge is 0.381 e. The molecular formula is C16H20F3N3O3. The second kappa shape index (κ2) is 7.83. The van der Waals surface area contributed by atoms with Crippen LogP contribution in [0.4, 0.5) is 18.9 Å². The van der Waals surface area contributed by atoms with Crippen molar-refractivity contribution >= 4 is 17.5 Å². The summed E-state index contributed by atoms with van der Waals surface area (Å²) in [6.45, 7) is 0.829. The maximum Gasteiger partial charge on any atom is 0.416 e. The Kier molecular flexibility index (Phi) is 6.02. The molecule has 1 saturated heterocycles. The predicted molar refractivity (Wildman–Crippen MR) is 84.7 cm³/mol. The summed E-state index contributed by atoms with van der Waals surface area (Å²) in [5.41, 5.74) is 4.15. The van der Waals surface area contributed by atoms with Crippen molar-refractivity contribution in [3.63, 3.8) is 0 Å². The SMILES string of the molecule is NC(=O)CC1(NCC(=O)Nc2ccc(C(F)(F)F)cc2)CCOCC1. The van der Waals surface area contributed by atoms with Gasteiger partial charge in [-0.25, -0.2) is 0 Å². The molecule has 0 atom stereocenters. The number of alkyl halides is 3. The molecule has 9 heteroatoms. The first-order chi connectivity index (χ1) is 11.7. The molecule has 1 aromatic carbocycles. The van der Waals surface area contributed by atoms with Gasteiger partial charge in [0.2, 0.25) is 11.8 Å². The average molecular weight is 359 g/mol. The van der Waals surface area contributed by atoms with E-state index in [1.54, 1.807) is 0 Å². The van der Waals surface area contributed by atoms with Gasteiger partial charge < -0.3 is 21.1 Å². The molecule has 0 aromatic heterocycles. The van der Waals surface area contributed by atoms with Crippen molar-refractivity contribution in [3.8, 4) is 0 Å². The fourth-order valence-corrected chi connectivity index (χ4v) is 2.73. The topological polar surface area (TPSA) is 93.5 Å². The van der Waals surface area contributed by atoms with E-state index in [-0.39, 0.29) is 18.7 Å². The van der Waals surface area contributed by atoms with Crippen molar-refractivity contribution in [3.05, 3.63) is 29.8 Å². The van der Waals surface area contributed by atoms with Gasteiger partial charge in [-0.15, -0.1) is 0 Å². The quantitative estimate of drug-likeness (QED) is 0.720. The van der Waals surface area contributed by atoms with E-state index in [9.17, 15) is 22.8 Å². The van der Waals surface area contributed by atoms with Crippen molar-refractivity contribution in [2.75, 3.05) is 25.1 Å². The Morgan fingerprint density at radius 3 is 2.28 bits per heavy atom. The standard InChI is InChI=1S/C16H20F3N3O3/c17-16(18,19)11-1-3-12(4-2-11)22-14(24)10-21-15(9-13(20)23)5-7-25-8-6-15/h1-4,21H,5-10H2,(H2,20,23)(H,22,24). The Labute approximate surface area is 142 Å². The predicted octanol–water partition coefficient (Wildman–Crippen LogP) is 1.66. The molecule has 1 heterocycles. The normalized spacial score (nSPS) is 17.1. The third-order valence-electron chi connectivity index (χ3n) is 4.08. The highest BCUT2D eigenvalue weighted by atomic mass is 19.4. The highest BCUT2D eigenvalue weighted by molar-refractivity contribution is 5.92. The zero-order chi connectivity index (χ0) is 18.5. The van der Waals surface area contributed by atoms with E-state index in [0.29, 0.717) is 26.1 Å². The molecule has 6 nitrogen and oxygen atoms in total. The maximum absolute atomic E-state index is 12.5. The van der Waals surface area contributed by atoms with Gasteiger partial charge >= 0.3 is 6.18 Å². The van der Waals surface area contributed by atoms with Crippen LogP contribution in [0.1, 0.15) is 24.8 Å². The third-order valence-corrected chi connectivity index (χ3v) is 4.08. The Morgan fingerprint density at radius 2 is 1.76 bits per heavy atom. The number of hydrogen-bond acceptors (Lipinski definition) is 4. The van der Waals surface area contributed by atoms with Crippen molar-refractivity contribution in [2.45, 2.75) is 31.0 Å². The molecule has 2 amide bonds. The number of rotatable bonds is 6. The summed E-state index contributed by atoms with van der Waals surface area (Å²) >= 11 is 0. The molecule has 0 aliphatic carbocycles. The van der Waals surface area contributed by atoms with Crippen LogP contribution in [-0.2, 0) is 20.5 Å². The zero-order valence-corrected chi connectivity index (χ0v) is 13.5. The van der Waals surface area contributed by atoms with Crippen molar-refractivity contribution in [1.82, 2.24) is 5.32 Å². The van der Waals surface area contributed by atoms with Crippen LogP contribution < -0.4 is 16.4 Å². The lowest BCUT2D eigenvalue weighted by Crippen LogP contribution is -2.53. The second-order valence-electron chi connectivity index (χ2n) is 6.01. The highest BCUT2D eigenvalue weighted by Crippen LogP contribution is 2.29. The van der Waals surface area contributed by atoms with Crippen LogP contribution in [-0.4, -0.2) is 37.1 Å². The second-order valence-corrected chi connectivity index (χ2v) is 6.01. The largest absolute Gasteiger partial charge is 0.416 e. The molecule has 25 heavy (non-hydrogen) atoms. The van der Waals surface area contributed by atoms with E-state index < -0.39 is 29.1 Å². The molecule has 1 aliphatic heterocycles. The Balaban J connectivity index is 1.91. The molecule has 138 valence electrons. The highest BCUT2D eigenvalue weighted by Gasteiger charge is 2.34. The third kappa shape index (κ3) is 5.71. The molecule has 1 fully saturated rings. The lowest BCUT2D eigenvalue weighted by Gasteiger charge is -2.37. The van der Waals surface area contributed by atoms with E-state index in [2.05, 4.69) is 10.6 Å². The number of hydrogen-bond donors (Lipinski definition) is 3. The van der Waals surface area contributed by atoms with Gasteiger partial charge in [0.05, 0.1) is 12.1 Å². The summed E-state index contributed by atoms with van der Waals surface area (Å²) in [5, 5.41) is 5.56. The fraction of sp³-hybridized carbons (Fsp3) is 0.500. The summed E-state index contributed by atoms with van der Waals surface area (Å²) in [6.07, 6.45) is -3.24. The van der Waals surface area contributed by atoms with Crippen LogP contribution in [0.15, 0.2) is 24.3 Å². The van der Waals surface area contributed by atoms with Gasteiger partial charge in [-0.2, -0.15) is 13.2 Å². The van der Waals surface area contributed by atoms with Crippen molar-refractivity contribution in [2.24, 2.45) is 5.73 Å². The number of nitrogens with one attached hydrogen (secondary N) is 2. The number of carbonyl (C=O) groups is 2. The molecule has 1 aliphatic rings. The van der Waals surface area contributed by atoms with Crippen LogP contribution >= 0.6 is 0 Å². The number of halogens is 3. The first kappa shape index (κ1) is 19.2. The molecule has 0 bridgehead atoms. The summed E-state index contributed by atoms with van der Waals surface area (Å²) in [7, 11) is 0. The number of nitrogens with two attached hydrogens (primary N) is 1. The van der Waals surface area contributed by atoms with Gasteiger partial charge in [0.1, 0.15) is 0 Å². The molecule has 2 rings (SSSR count). The minimum absolute atomic E-state index is 0.0872. The number of benzene rings is 1. The van der Waals surface area contributed by atoms with Crippen molar-refractivity contribution < 1.29 is 27.5 Å². The summed E-state index contributed by atoms with van der Waals surface area (Å²) < 4.78 is 42.8. The van der Waals surface area contributed by atoms with Gasteiger partial charge in [0, 0.05) is 30.9 Å². The van der Waals surface area contributed by atoms with Crippen LogP contribution in [0, 0.1) is 0 Å². The molecule has 4 N–H and O–H groups in total. The van der Waals surface area contributed by atoms with Gasteiger partial charge in [0.25, 0.3) is 0 Å². The molecule has 1 aromatic rings. The van der Waals surface area contributed by atoms with Crippen LogP contribution in [0.3, 0.4) is 0 Å². The molecule has 0 saturated carbocycles.